The van der Waals surface area contributed by atoms with E-state index in [1.807, 2.05) is 13.8 Å². The highest BCUT2D eigenvalue weighted by molar-refractivity contribution is 5.77. The summed E-state index contributed by atoms with van der Waals surface area (Å²) >= 11 is 0. The fourth-order valence-corrected chi connectivity index (χ4v) is 3.55. The first-order valence-corrected chi connectivity index (χ1v) is 8.03. The molecule has 1 heterocycles. The number of hydrazine groups is 1. The third kappa shape index (κ3) is 4.22. The highest BCUT2D eigenvalue weighted by Crippen LogP contribution is 2.35. The lowest BCUT2D eigenvalue weighted by Gasteiger charge is -2.43. The maximum absolute atomic E-state index is 11.8. The summed E-state index contributed by atoms with van der Waals surface area (Å²) in [7, 11) is 1.57. The van der Waals surface area contributed by atoms with Crippen molar-refractivity contribution in [2.75, 3.05) is 7.11 Å². The minimum absolute atomic E-state index is 0.241. The number of hydrogen-bond acceptors (Lipinski definition) is 7. The molecule has 0 aromatic heterocycles. The lowest BCUT2D eigenvalue weighted by Crippen LogP contribution is -2.64. The molecule has 1 amide bonds. The van der Waals surface area contributed by atoms with Crippen LogP contribution < -0.4 is 17.0 Å². The number of nitrogens with one attached hydrogen (secondary N) is 1. The van der Waals surface area contributed by atoms with E-state index in [0.29, 0.717) is 6.42 Å². The number of nitrogens with zero attached hydrogens (tertiary/aromatic N) is 2. The Morgan fingerprint density at radius 3 is 2.62 bits per heavy atom. The predicted octanol–water partition coefficient (Wildman–Crippen LogP) is -0.342. The van der Waals surface area contributed by atoms with Crippen molar-refractivity contribution in [3.8, 4) is 0 Å². The zero-order valence-electron chi connectivity index (χ0n) is 14.7. The van der Waals surface area contributed by atoms with Gasteiger partial charge in [-0.2, -0.15) is 5.10 Å². The molecule has 0 aromatic rings. The molecule has 0 unspecified atom stereocenters. The Labute approximate surface area is 142 Å². The molecule has 0 bridgehead atoms. The van der Waals surface area contributed by atoms with Gasteiger partial charge in [-0.3, -0.25) is 15.4 Å². The Morgan fingerprint density at radius 1 is 1.58 bits per heavy atom. The van der Waals surface area contributed by atoms with Crippen LogP contribution in [-0.2, 0) is 14.3 Å². The number of carbonyl (C=O) groups excluding carboxylic acids is 1. The Bertz CT molecular complexity index is 486. The van der Waals surface area contributed by atoms with Crippen molar-refractivity contribution in [3.63, 3.8) is 0 Å². The molecule has 1 aliphatic rings. The SMILES string of the molecule is CCC[C@](C)(OC)[C@H](NC(C)=O)[C@H]1[C@H](C=NN)C[C@H](C(=O)O)N1N. The Hall–Kier alpha value is -1.71. The third-order valence-corrected chi connectivity index (χ3v) is 4.77. The zero-order valence-corrected chi connectivity index (χ0v) is 14.7. The van der Waals surface area contributed by atoms with Crippen LogP contribution in [-0.4, -0.2) is 59.0 Å². The van der Waals surface area contributed by atoms with Crippen LogP contribution >= 0.6 is 0 Å². The van der Waals surface area contributed by atoms with Crippen LogP contribution in [0, 0.1) is 5.92 Å². The second-order valence-electron chi connectivity index (χ2n) is 6.43. The average Bonchev–Trinajstić information content (AvgIpc) is 2.82. The van der Waals surface area contributed by atoms with Gasteiger partial charge in [0.05, 0.1) is 17.7 Å². The highest BCUT2D eigenvalue weighted by atomic mass is 16.5. The van der Waals surface area contributed by atoms with Gasteiger partial charge in [-0.1, -0.05) is 13.3 Å². The molecule has 0 aromatic carbocycles. The summed E-state index contributed by atoms with van der Waals surface area (Å²) in [4.78, 5) is 23.2. The number of hydrazone groups is 1. The van der Waals surface area contributed by atoms with Gasteiger partial charge >= 0.3 is 5.97 Å². The molecule has 6 N–H and O–H groups in total. The molecule has 1 saturated heterocycles. The minimum atomic E-state index is -1.02. The largest absolute Gasteiger partial charge is 0.480 e. The molecule has 0 aliphatic carbocycles. The number of carbonyl (C=O) groups is 2. The van der Waals surface area contributed by atoms with Gasteiger partial charge in [0.15, 0.2) is 0 Å². The number of nitrogens with two attached hydrogens (primary N) is 2. The molecule has 1 fully saturated rings. The van der Waals surface area contributed by atoms with Crippen LogP contribution in [0.15, 0.2) is 5.10 Å². The quantitative estimate of drug-likeness (QED) is 0.268. The van der Waals surface area contributed by atoms with Gasteiger partial charge < -0.3 is 21.0 Å². The van der Waals surface area contributed by atoms with E-state index in [1.165, 1.54) is 18.1 Å². The number of aliphatic carboxylic acids is 1. The van der Waals surface area contributed by atoms with E-state index in [2.05, 4.69) is 10.4 Å². The molecule has 0 radical (unpaired) electrons. The topological polar surface area (TPSA) is 143 Å². The van der Waals surface area contributed by atoms with Crippen LogP contribution in [0.5, 0.6) is 0 Å². The van der Waals surface area contributed by atoms with Gasteiger partial charge in [-0.15, -0.1) is 0 Å². The van der Waals surface area contributed by atoms with Crippen molar-refractivity contribution in [3.05, 3.63) is 0 Å². The molecule has 0 saturated carbocycles. The number of rotatable bonds is 8. The monoisotopic (exact) mass is 343 g/mol. The van der Waals surface area contributed by atoms with Crippen molar-refractivity contribution in [2.24, 2.45) is 22.7 Å². The number of ether oxygens (including phenoxy) is 1. The summed E-state index contributed by atoms with van der Waals surface area (Å²) in [6.45, 7) is 5.30. The second kappa shape index (κ2) is 8.41. The smallest absolute Gasteiger partial charge is 0.322 e. The lowest BCUT2D eigenvalue weighted by molar-refractivity contribution is -0.143. The standard InChI is InChI=1S/C15H29N5O4/c1-5-6-15(3,24-4)13(19-9(2)21)12-10(8-18-16)7-11(14(22)23)20(12)17/h8,10-13H,5-7,16-17H2,1-4H3,(H,19,21)(H,22,23)/t10-,11+,12+,13+,15-/m0/s1. The van der Waals surface area contributed by atoms with Crippen molar-refractivity contribution >= 4 is 18.1 Å². The van der Waals surface area contributed by atoms with Crippen molar-refractivity contribution < 1.29 is 19.4 Å². The summed E-state index contributed by atoms with van der Waals surface area (Å²) in [6.07, 6.45) is 3.25. The summed E-state index contributed by atoms with van der Waals surface area (Å²) in [5.41, 5.74) is -0.712. The van der Waals surface area contributed by atoms with Gasteiger partial charge in [0.1, 0.15) is 6.04 Å². The molecule has 9 heteroatoms. The maximum atomic E-state index is 11.8. The summed E-state index contributed by atoms with van der Waals surface area (Å²) < 4.78 is 5.70. The Balaban J connectivity index is 3.30. The normalized spacial score (nSPS) is 28.6. The first kappa shape index (κ1) is 20.3. The first-order valence-electron chi connectivity index (χ1n) is 8.03. The third-order valence-electron chi connectivity index (χ3n) is 4.77. The maximum Gasteiger partial charge on any atom is 0.322 e. The molecule has 1 rings (SSSR count). The van der Waals surface area contributed by atoms with Crippen LogP contribution in [0.3, 0.4) is 0 Å². The molecular formula is C15H29N5O4. The lowest BCUT2D eigenvalue weighted by atomic mass is 9.81. The molecule has 0 spiro atoms. The van der Waals surface area contributed by atoms with Gasteiger partial charge in [0.25, 0.3) is 0 Å². The Morgan fingerprint density at radius 2 is 2.21 bits per heavy atom. The highest BCUT2D eigenvalue weighted by Gasteiger charge is 2.51. The number of carboxylic acid groups (broad SMARTS) is 1. The van der Waals surface area contributed by atoms with E-state index in [1.54, 1.807) is 7.11 Å². The number of methoxy groups -OCH3 is 1. The van der Waals surface area contributed by atoms with Crippen LogP contribution in [0.2, 0.25) is 0 Å². The van der Waals surface area contributed by atoms with Crippen LogP contribution in [0.4, 0.5) is 0 Å². The van der Waals surface area contributed by atoms with E-state index in [0.717, 1.165) is 6.42 Å². The van der Waals surface area contributed by atoms with Gasteiger partial charge in [0.2, 0.25) is 5.91 Å². The van der Waals surface area contributed by atoms with E-state index in [9.17, 15) is 14.7 Å². The molecule has 5 atom stereocenters. The van der Waals surface area contributed by atoms with Gasteiger partial charge in [0, 0.05) is 26.2 Å². The van der Waals surface area contributed by atoms with E-state index in [-0.39, 0.29) is 18.2 Å². The van der Waals surface area contributed by atoms with Crippen molar-refractivity contribution in [1.29, 1.82) is 0 Å². The molecule has 9 nitrogen and oxygen atoms in total. The first-order chi connectivity index (χ1) is 11.2. The fraction of sp³-hybridized carbons (Fsp3) is 0.800. The van der Waals surface area contributed by atoms with Gasteiger partial charge in [-0.25, -0.2) is 5.01 Å². The Kier molecular flexibility index (Phi) is 7.12. The predicted molar refractivity (Wildman–Crippen MR) is 90.0 cm³/mol. The number of carboxylic acids is 1. The summed E-state index contributed by atoms with van der Waals surface area (Å²) in [5, 5.41) is 17.1. The molecular weight excluding hydrogens is 314 g/mol. The van der Waals surface area contributed by atoms with Crippen molar-refractivity contribution in [1.82, 2.24) is 10.3 Å². The van der Waals surface area contributed by atoms with E-state index >= 15 is 0 Å². The summed E-state index contributed by atoms with van der Waals surface area (Å²) in [5.74, 6) is 9.82. The number of amides is 1. The molecule has 24 heavy (non-hydrogen) atoms. The summed E-state index contributed by atoms with van der Waals surface area (Å²) in [6, 6.07) is -1.90. The minimum Gasteiger partial charge on any atom is -0.480 e. The molecule has 1 aliphatic heterocycles. The van der Waals surface area contributed by atoms with Gasteiger partial charge in [-0.05, 0) is 19.8 Å². The van der Waals surface area contributed by atoms with E-state index in [4.69, 9.17) is 16.4 Å². The van der Waals surface area contributed by atoms with Crippen LogP contribution in [0.25, 0.3) is 0 Å². The van der Waals surface area contributed by atoms with Crippen LogP contribution in [0.1, 0.15) is 40.0 Å². The number of hydrogen-bond donors (Lipinski definition) is 4. The van der Waals surface area contributed by atoms with E-state index < -0.39 is 29.7 Å². The zero-order chi connectivity index (χ0) is 18.5. The fourth-order valence-electron chi connectivity index (χ4n) is 3.55. The molecule has 138 valence electrons. The van der Waals surface area contributed by atoms with Crippen molar-refractivity contribution in [2.45, 2.75) is 63.8 Å². The second-order valence-corrected chi connectivity index (χ2v) is 6.43. The average molecular weight is 343 g/mol.